The molecule has 146 valence electrons. The Labute approximate surface area is 162 Å². The molecule has 0 fully saturated rings. The fourth-order valence-electron chi connectivity index (χ4n) is 3.13. The Morgan fingerprint density at radius 1 is 1.00 bits per heavy atom. The SMILES string of the molecule is Cc1cccc(C)c1N(CC(=O)Nc1ccccc1C(C)(C)C)S(C)(=O)=O. The normalized spacial score (nSPS) is 11.9. The highest BCUT2D eigenvalue weighted by Crippen LogP contribution is 2.30. The van der Waals surface area contributed by atoms with Crippen molar-refractivity contribution in [3.8, 4) is 0 Å². The smallest absolute Gasteiger partial charge is 0.245 e. The van der Waals surface area contributed by atoms with Crippen LogP contribution in [0.3, 0.4) is 0 Å². The number of carbonyl (C=O) groups is 1. The number of benzene rings is 2. The summed E-state index contributed by atoms with van der Waals surface area (Å²) in [6.07, 6.45) is 1.12. The number of nitrogens with one attached hydrogen (secondary N) is 1. The molecule has 0 aliphatic heterocycles. The summed E-state index contributed by atoms with van der Waals surface area (Å²) in [5.74, 6) is -0.375. The Morgan fingerprint density at radius 3 is 2.07 bits per heavy atom. The van der Waals surface area contributed by atoms with Crippen molar-refractivity contribution in [2.75, 3.05) is 22.4 Å². The molecule has 27 heavy (non-hydrogen) atoms. The van der Waals surface area contributed by atoms with E-state index in [-0.39, 0.29) is 17.9 Å². The molecular formula is C21H28N2O3S. The number of sulfonamides is 1. The Kier molecular flexibility index (Phi) is 6.00. The van der Waals surface area contributed by atoms with Gasteiger partial charge in [-0.1, -0.05) is 57.2 Å². The topological polar surface area (TPSA) is 66.5 Å². The van der Waals surface area contributed by atoms with Crippen LogP contribution in [0.25, 0.3) is 0 Å². The van der Waals surface area contributed by atoms with Gasteiger partial charge in [0.2, 0.25) is 15.9 Å². The number of para-hydroxylation sites is 2. The Bertz CT molecular complexity index is 924. The van der Waals surface area contributed by atoms with Crippen LogP contribution in [-0.2, 0) is 20.2 Å². The van der Waals surface area contributed by atoms with E-state index in [1.54, 1.807) is 0 Å². The Morgan fingerprint density at radius 2 is 1.56 bits per heavy atom. The summed E-state index contributed by atoms with van der Waals surface area (Å²) in [5.41, 5.74) is 3.72. The van der Waals surface area contributed by atoms with Crippen LogP contribution in [0.5, 0.6) is 0 Å². The third kappa shape index (κ3) is 5.10. The zero-order valence-corrected chi connectivity index (χ0v) is 17.6. The fraction of sp³-hybridized carbons (Fsp3) is 0.381. The molecule has 6 heteroatoms. The molecule has 5 nitrogen and oxygen atoms in total. The molecule has 2 aromatic carbocycles. The van der Waals surface area contributed by atoms with Crippen LogP contribution in [0.2, 0.25) is 0 Å². The first-order valence-electron chi connectivity index (χ1n) is 8.84. The van der Waals surface area contributed by atoms with Gasteiger partial charge in [-0.3, -0.25) is 9.10 Å². The van der Waals surface area contributed by atoms with E-state index in [2.05, 4.69) is 26.1 Å². The van der Waals surface area contributed by atoms with Gasteiger partial charge in [0.05, 0.1) is 11.9 Å². The highest BCUT2D eigenvalue weighted by atomic mass is 32.2. The van der Waals surface area contributed by atoms with Crippen LogP contribution in [0.15, 0.2) is 42.5 Å². The number of nitrogens with zero attached hydrogens (tertiary/aromatic N) is 1. The number of amides is 1. The van der Waals surface area contributed by atoms with E-state index >= 15 is 0 Å². The summed E-state index contributed by atoms with van der Waals surface area (Å²) in [5, 5.41) is 2.88. The molecule has 1 N–H and O–H groups in total. The lowest BCUT2D eigenvalue weighted by Gasteiger charge is -2.26. The Hall–Kier alpha value is -2.34. The summed E-state index contributed by atoms with van der Waals surface area (Å²) in [7, 11) is -3.62. The predicted molar refractivity (Wildman–Crippen MR) is 112 cm³/mol. The lowest BCUT2D eigenvalue weighted by molar-refractivity contribution is -0.114. The van der Waals surface area contributed by atoms with Gasteiger partial charge in [0.1, 0.15) is 6.54 Å². The average Bonchev–Trinajstić information content (AvgIpc) is 2.52. The van der Waals surface area contributed by atoms with Gasteiger partial charge in [-0.2, -0.15) is 0 Å². The first-order valence-corrected chi connectivity index (χ1v) is 10.7. The van der Waals surface area contributed by atoms with E-state index in [0.717, 1.165) is 22.9 Å². The van der Waals surface area contributed by atoms with Crippen LogP contribution in [0.4, 0.5) is 11.4 Å². The van der Waals surface area contributed by atoms with Crippen molar-refractivity contribution in [1.82, 2.24) is 0 Å². The minimum Gasteiger partial charge on any atom is -0.324 e. The molecule has 0 aliphatic carbocycles. The second-order valence-electron chi connectivity index (χ2n) is 7.85. The van der Waals surface area contributed by atoms with Crippen LogP contribution in [0, 0.1) is 13.8 Å². The molecule has 0 radical (unpaired) electrons. The molecule has 2 aromatic rings. The monoisotopic (exact) mass is 388 g/mol. The molecule has 0 heterocycles. The number of aryl methyl sites for hydroxylation is 2. The van der Waals surface area contributed by atoms with Crippen molar-refractivity contribution in [2.24, 2.45) is 0 Å². The summed E-state index contributed by atoms with van der Waals surface area (Å²) < 4.78 is 26.0. The largest absolute Gasteiger partial charge is 0.324 e. The third-order valence-electron chi connectivity index (χ3n) is 4.39. The van der Waals surface area contributed by atoms with Crippen molar-refractivity contribution < 1.29 is 13.2 Å². The maximum atomic E-state index is 12.7. The first-order chi connectivity index (χ1) is 12.4. The fourth-order valence-corrected chi connectivity index (χ4v) is 4.10. The van der Waals surface area contributed by atoms with E-state index in [1.165, 1.54) is 4.31 Å². The van der Waals surface area contributed by atoms with Gasteiger partial charge in [-0.25, -0.2) is 8.42 Å². The maximum absolute atomic E-state index is 12.7. The summed E-state index contributed by atoms with van der Waals surface area (Å²) in [6, 6.07) is 13.1. The van der Waals surface area contributed by atoms with E-state index in [0.29, 0.717) is 11.4 Å². The first kappa shape index (κ1) is 21.0. The van der Waals surface area contributed by atoms with Crippen LogP contribution in [0.1, 0.15) is 37.5 Å². The van der Waals surface area contributed by atoms with E-state index in [4.69, 9.17) is 0 Å². The van der Waals surface area contributed by atoms with Gasteiger partial charge >= 0.3 is 0 Å². The van der Waals surface area contributed by atoms with Gasteiger partial charge in [-0.15, -0.1) is 0 Å². The molecule has 0 aliphatic rings. The van der Waals surface area contributed by atoms with Crippen molar-refractivity contribution in [1.29, 1.82) is 0 Å². The summed E-state index contributed by atoms with van der Waals surface area (Å²) >= 11 is 0. The van der Waals surface area contributed by atoms with Crippen LogP contribution in [-0.4, -0.2) is 27.1 Å². The highest BCUT2D eigenvalue weighted by Gasteiger charge is 2.25. The van der Waals surface area contributed by atoms with Crippen molar-refractivity contribution in [3.63, 3.8) is 0 Å². The zero-order valence-electron chi connectivity index (χ0n) is 16.8. The molecule has 0 atom stereocenters. The number of hydrogen-bond donors (Lipinski definition) is 1. The standard InChI is InChI=1S/C21H28N2O3S/c1-15-10-9-11-16(2)20(15)23(27(6,25)26)14-19(24)22-18-13-8-7-12-17(18)21(3,4)5/h7-13H,14H2,1-6H3,(H,22,24). The van der Waals surface area contributed by atoms with Gasteiger partial charge in [0, 0.05) is 5.69 Å². The molecule has 0 bridgehead atoms. The second kappa shape index (κ2) is 7.72. The lowest BCUT2D eigenvalue weighted by atomic mass is 9.86. The van der Waals surface area contributed by atoms with Gasteiger partial charge in [-0.05, 0) is 42.0 Å². The molecule has 0 aromatic heterocycles. The average molecular weight is 389 g/mol. The number of hydrogen-bond acceptors (Lipinski definition) is 3. The number of anilines is 2. The predicted octanol–water partition coefficient (Wildman–Crippen LogP) is 4.01. The maximum Gasteiger partial charge on any atom is 0.245 e. The third-order valence-corrected chi connectivity index (χ3v) is 5.50. The van der Waals surface area contributed by atoms with Crippen LogP contribution < -0.4 is 9.62 Å². The molecule has 0 spiro atoms. The van der Waals surface area contributed by atoms with E-state index in [1.807, 2.05) is 56.3 Å². The van der Waals surface area contributed by atoms with Crippen molar-refractivity contribution >= 4 is 27.3 Å². The molecule has 0 saturated carbocycles. The van der Waals surface area contributed by atoms with Gasteiger partial charge in [0.25, 0.3) is 0 Å². The highest BCUT2D eigenvalue weighted by molar-refractivity contribution is 7.92. The van der Waals surface area contributed by atoms with Crippen molar-refractivity contribution in [2.45, 2.75) is 40.0 Å². The molecule has 1 amide bonds. The minimum atomic E-state index is -3.62. The molecular weight excluding hydrogens is 360 g/mol. The lowest BCUT2D eigenvalue weighted by Crippen LogP contribution is -2.38. The molecule has 0 saturated heterocycles. The minimum absolute atomic E-state index is 0.146. The number of rotatable bonds is 5. The summed E-state index contributed by atoms with van der Waals surface area (Å²) in [4.78, 5) is 12.7. The van der Waals surface area contributed by atoms with Crippen LogP contribution >= 0.6 is 0 Å². The van der Waals surface area contributed by atoms with Gasteiger partial charge < -0.3 is 5.32 Å². The zero-order chi connectivity index (χ0) is 20.4. The van der Waals surface area contributed by atoms with Crippen molar-refractivity contribution in [3.05, 3.63) is 59.2 Å². The van der Waals surface area contributed by atoms with Gasteiger partial charge in [0.15, 0.2) is 0 Å². The number of carbonyl (C=O) groups excluding carboxylic acids is 1. The molecule has 2 rings (SSSR count). The second-order valence-corrected chi connectivity index (χ2v) is 9.76. The Balaban J connectivity index is 2.35. The molecule has 0 unspecified atom stereocenters. The quantitative estimate of drug-likeness (QED) is 0.842. The van der Waals surface area contributed by atoms with E-state index in [9.17, 15) is 13.2 Å². The summed E-state index contributed by atoms with van der Waals surface area (Å²) in [6.45, 7) is 9.61. The van der Waals surface area contributed by atoms with E-state index < -0.39 is 10.0 Å².